The Morgan fingerprint density at radius 3 is 2.22 bits per heavy atom. The van der Waals surface area contributed by atoms with Crippen LogP contribution in [0.25, 0.3) is 0 Å². The monoisotopic (exact) mass is 430 g/mol. The first kappa shape index (κ1) is 19.4. The van der Waals surface area contributed by atoms with Gasteiger partial charge in [0.1, 0.15) is 0 Å². The smallest absolute Gasteiger partial charge is 0.319 e. The number of nitrogens with zero attached hydrogens (tertiary/aromatic N) is 1. The Hall–Kier alpha value is -2.38. The van der Waals surface area contributed by atoms with Gasteiger partial charge in [0, 0.05) is 35.0 Å². The molecule has 0 radical (unpaired) electrons. The standard InChI is InChI=1S/C20H23BrN4O2/c21-15-6-8-17(9-7-15)22-19(26)14-25-12-10-18(11-13-25)24-20(27)23-16-4-2-1-3-5-16/h1-9,18H,10-14H2,(H,22,26)(H2,23,24,27). The van der Waals surface area contributed by atoms with Crippen molar-refractivity contribution in [2.75, 3.05) is 30.3 Å². The van der Waals surface area contributed by atoms with Gasteiger partial charge in [-0.2, -0.15) is 0 Å². The van der Waals surface area contributed by atoms with E-state index in [0.29, 0.717) is 6.54 Å². The number of hydrogen-bond donors (Lipinski definition) is 3. The SMILES string of the molecule is O=C(CN1CCC(NC(=O)Nc2ccccc2)CC1)Nc1ccc(Br)cc1. The Morgan fingerprint density at radius 2 is 1.56 bits per heavy atom. The fraction of sp³-hybridized carbons (Fsp3) is 0.300. The summed E-state index contributed by atoms with van der Waals surface area (Å²) < 4.78 is 0.978. The fourth-order valence-electron chi connectivity index (χ4n) is 3.05. The molecule has 1 saturated heterocycles. The molecule has 0 aromatic heterocycles. The summed E-state index contributed by atoms with van der Waals surface area (Å²) in [5.41, 5.74) is 1.56. The number of nitrogens with one attached hydrogen (secondary N) is 3. The van der Waals surface area contributed by atoms with Gasteiger partial charge in [-0.05, 0) is 49.2 Å². The second kappa shape index (κ2) is 9.53. The molecule has 6 nitrogen and oxygen atoms in total. The van der Waals surface area contributed by atoms with Crippen molar-refractivity contribution < 1.29 is 9.59 Å². The van der Waals surface area contributed by atoms with Gasteiger partial charge in [0.05, 0.1) is 6.54 Å². The second-order valence-corrected chi connectivity index (χ2v) is 7.49. The maximum Gasteiger partial charge on any atom is 0.319 e. The molecule has 2 aromatic carbocycles. The number of amides is 3. The number of carbonyl (C=O) groups is 2. The van der Waals surface area contributed by atoms with Crippen LogP contribution in [0.3, 0.4) is 0 Å². The molecule has 3 amide bonds. The van der Waals surface area contributed by atoms with Gasteiger partial charge in [-0.15, -0.1) is 0 Å². The lowest BCUT2D eigenvalue weighted by Crippen LogP contribution is -2.47. The third-order valence-electron chi connectivity index (χ3n) is 4.45. The van der Waals surface area contributed by atoms with Gasteiger partial charge in [-0.25, -0.2) is 4.79 Å². The zero-order chi connectivity index (χ0) is 19.1. The fourth-order valence-corrected chi connectivity index (χ4v) is 3.31. The molecule has 1 aliphatic heterocycles. The molecule has 3 rings (SSSR count). The van der Waals surface area contributed by atoms with Crippen molar-refractivity contribution in [1.82, 2.24) is 10.2 Å². The van der Waals surface area contributed by atoms with Crippen molar-refractivity contribution in [3.05, 3.63) is 59.1 Å². The van der Waals surface area contributed by atoms with Crippen LogP contribution in [0, 0.1) is 0 Å². The van der Waals surface area contributed by atoms with Crippen molar-refractivity contribution in [2.24, 2.45) is 0 Å². The molecule has 142 valence electrons. The average molecular weight is 431 g/mol. The summed E-state index contributed by atoms with van der Waals surface area (Å²) in [7, 11) is 0. The largest absolute Gasteiger partial charge is 0.335 e. The minimum Gasteiger partial charge on any atom is -0.335 e. The molecular weight excluding hydrogens is 408 g/mol. The molecule has 0 bridgehead atoms. The Labute approximate surface area is 167 Å². The van der Waals surface area contributed by atoms with Gasteiger partial charge in [-0.3, -0.25) is 9.69 Å². The van der Waals surface area contributed by atoms with Gasteiger partial charge in [0.25, 0.3) is 0 Å². The van der Waals surface area contributed by atoms with Crippen LogP contribution < -0.4 is 16.0 Å². The van der Waals surface area contributed by atoms with E-state index >= 15 is 0 Å². The number of hydrogen-bond acceptors (Lipinski definition) is 3. The van der Waals surface area contributed by atoms with Crippen LogP contribution in [0.5, 0.6) is 0 Å². The van der Waals surface area contributed by atoms with Crippen LogP contribution in [-0.4, -0.2) is 42.5 Å². The molecule has 3 N–H and O–H groups in total. The first-order valence-electron chi connectivity index (χ1n) is 8.99. The average Bonchev–Trinajstić information content (AvgIpc) is 2.66. The molecule has 27 heavy (non-hydrogen) atoms. The van der Waals surface area contributed by atoms with Gasteiger partial charge in [-0.1, -0.05) is 34.1 Å². The van der Waals surface area contributed by atoms with Crippen LogP contribution in [-0.2, 0) is 4.79 Å². The van der Waals surface area contributed by atoms with Crippen LogP contribution in [0.4, 0.5) is 16.2 Å². The molecule has 0 atom stereocenters. The molecule has 0 aliphatic carbocycles. The Morgan fingerprint density at radius 1 is 0.926 bits per heavy atom. The molecule has 0 saturated carbocycles. The first-order chi connectivity index (χ1) is 13.1. The molecular formula is C20H23BrN4O2. The number of halogens is 1. The quantitative estimate of drug-likeness (QED) is 0.677. The van der Waals surface area contributed by atoms with Crippen molar-refractivity contribution >= 4 is 39.2 Å². The number of rotatable bonds is 5. The van der Waals surface area contributed by atoms with E-state index in [2.05, 4.69) is 36.8 Å². The third kappa shape index (κ3) is 6.37. The molecule has 7 heteroatoms. The lowest BCUT2D eigenvalue weighted by molar-refractivity contribution is -0.117. The van der Waals surface area contributed by atoms with Gasteiger partial charge >= 0.3 is 6.03 Å². The number of benzene rings is 2. The number of piperidine rings is 1. The molecule has 1 fully saturated rings. The predicted octanol–water partition coefficient (Wildman–Crippen LogP) is 3.67. The van der Waals surface area contributed by atoms with E-state index in [4.69, 9.17) is 0 Å². The second-order valence-electron chi connectivity index (χ2n) is 6.57. The number of anilines is 2. The summed E-state index contributed by atoms with van der Waals surface area (Å²) in [5.74, 6) is -0.0226. The van der Waals surface area contributed by atoms with Crippen LogP contribution in [0.2, 0.25) is 0 Å². The summed E-state index contributed by atoms with van der Waals surface area (Å²) >= 11 is 3.38. The van der Waals surface area contributed by atoms with Crippen molar-refractivity contribution in [2.45, 2.75) is 18.9 Å². The van der Waals surface area contributed by atoms with Crippen LogP contribution in [0.1, 0.15) is 12.8 Å². The van der Waals surface area contributed by atoms with E-state index in [9.17, 15) is 9.59 Å². The third-order valence-corrected chi connectivity index (χ3v) is 4.98. The minimum atomic E-state index is -0.187. The highest BCUT2D eigenvalue weighted by molar-refractivity contribution is 9.10. The van der Waals surface area contributed by atoms with E-state index in [-0.39, 0.29) is 18.0 Å². The highest BCUT2D eigenvalue weighted by Gasteiger charge is 2.22. The Kier molecular flexibility index (Phi) is 6.84. The lowest BCUT2D eigenvalue weighted by atomic mass is 10.1. The highest BCUT2D eigenvalue weighted by Crippen LogP contribution is 2.15. The zero-order valence-corrected chi connectivity index (χ0v) is 16.5. The molecule has 1 aliphatic rings. The van der Waals surface area contributed by atoms with Crippen LogP contribution in [0.15, 0.2) is 59.1 Å². The summed E-state index contributed by atoms with van der Waals surface area (Å²) in [6.45, 7) is 1.92. The van der Waals surface area contributed by atoms with E-state index in [0.717, 1.165) is 41.8 Å². The van der Waals surface area contributed by atoms with Gasteiger partial charge in [0.2, 0.25) is 5.91 Å². The molecule has 2 aromatic rings. The molecule has 1 heterocycles. The van der Waals surface area contributed by atoms with Crippen molar-refractivity contribution in [3.8, 4) is 0 Å². The summed E-state index contributed by atoms with van der Waals surface area (Å²) in [4.78, 5) is 26.4. The first-order valence-corrected chi connectivity index (χ1v) is 9.78. The number of urea groups is 1. The lowest BCUT2D eigenvalue weighted by Gasteiger charge is -2.31. The topological polar surface area (TPSA) is 73.5 Å². The Bertz CT molecular complexity index is 759. The van der Waals surface area contributed by atoms with E-state index in [1.165, 1.54) is 0 Å². The minimum absolute atomic E-state index is 0.0226. The zero-order valence-electron chi connectivity index (χ0n) is 15.0. The molecule has 0 unspecified atom stereocenters. The van der Waals surface area contributed by atoms with Crippen LogP contribution >= 0.6 is 15.9 Å². The summed E-state index contributed by atoms with van der Waals surface area (Å²) in [6, 6.07) is 16.8. The number of likely N-dealkylation sites (tertiary alicyclic amines) is 1. The van der Waals surface area contributed by atoms with Crippen molar-refractivity contribution in [1.29, 1.82) is 0 Å². The predicted molar refractivity (Wildman–Crippen MR) is 111 cm³/mol. The summed E-state index contributed by atoms with van der Waals surface area (Å²) in [6.07, 6.45) is 1.65. The van der Waals surface area contributed by atoms with Gasteiger partial charge < -0.3 is 16.0 Å². The van der Waals surface area contributed by atoms with E-state index in [1.54, 1.807) is 0 Å². The molecule has 0 spiro atoms. The highest BCUT2D eigenvalue weighted by atomic mass is 79.9. The normalized spacial score (nSPS) is 15.1. The van der Waals surface area contributed by atoms with Crippen molar-refractivity contribution in [3.63, 3.8) is 0 Å². The Balaban J connectivity index is 1.37. The maximum atomic E-state index is 12.2. The van der Waals surface area contributed by atoms with Gasteiger partial charge in [0.15, 0.2) is 0 Å². The summed E-state index contributed by atoms with van der Waals surface area (Å²) in [5, 5.41) is 8.74. The van der Waals surface area contributed by atoms with E-state index < -0.39 is 0 Å². The number of para-hydroxylation sites is 1. The van der Waals surface area contributed by atoms with E-state index in [1.807, 2.05) is 54.6 Å². The number of carbonyl (C=O) groups excluding carboxylic acids is 2. The maximum absolute atomic E-state index is 12.2.